The zero-order chi connectivity index (χ0) is 58.9. The summed E-state index contributed by atoms with van der Waals surface area (Å²) in [5, 5.41) is 57.1. The number of nitrogens with one attached hydrogen (secondary N) is 1. The van der Waals surface area contributed by atoms with E-state index >= 15 is 0 Å². The predicted molar refractivity (Wildman–Crippen MR) is 338 cm³/mol. The van der Waals surface area contributed by atoms with E-state index in [1.165, 1.54) is 135 Å². The number of carbonyl (C=O) groups excluding carboxylic acids is 2. The Bertz CT molecular complexity index is 1640. The molecule has 8 unspecified atom stereocenters. The number of esters is 1. The van der Waals surface area contributed by atoms with Crippen molar-refractivity contribution >= 4 is 11.9 Å². The van der Waals surface area contributed by atoms with Gasteiger partial charge in [-0.05, 0) is 77.0 Å². The average Bonchev–Trinajstić information content (AvgIpc) is 3.53. The highest BCUT2D eigenvalue weighted by molar-refractivity contribution is 5.80. The van der Waals surface area contributed by atoms with Gasteiger partial charge in [-0.1, -0.05) is 286 Å². The van der Waals surface area contributed by atoms with Crippen molar-refractivity contribution in [1.82, 2.24) is 5.32 Å². The zero-order valence-electron chi connectivity index (χ0n) is 51.9. The lowest BCUT2D eigenvalue weighted by atomic mass is 9.99. The van der Waals surface area contributed by atoms with Crippen molar-refractivity contribution in [1.29, 1.82) is 0 Å². The summed E-state index contributed by atoms with van der Waals surface area (Å²) in [5.41, 5.74) is 0. The molecule has 8 atom stereocenters. The molecule has 1 heterocycles. The smallest absolute Gasteiger partial charge is 0.306 e. The number of amides is 1. The quantitative estimate of drug-likeness (QED) is 0.0195. The lowest BCUT2D eigenvalue weighted by Gasteiger charge is -2.41. The van der Waals surface area contributed by atoms with Gasteiger partial charge >= 0.3 is 5.97 Å². The first kappa shape index (κ1) is 75.9. The van der Waals surface area contributed by atoms with Crippen LogP contribution in [0.15, 0.2) is 85.1 Å². The summed E-state index contributed by atoms with van der Waals surface area (Å²) in [4.78, 5) is 26.6. The fourth-order valence-corrected chi connectivity index (χ4v) is 10.1. The van der Waals surface area contributed by atoms with Crippen molar-refractivity contribution in [3.8, 4) is 0 Å². The minimum absolute atomic E-state index is 0.0913. The van der Waals surface area contributed by atoms with Gasteiger partial charge in [0, 0.05) is 6.42 Å². The molecule has 6 N–H and O–H groups in total. The molecule has 1 amide bonds. The van der Waals surface area contributed by atoms with E-state index in [4.69, 9.17) is 14.2 Å². The molecule has 1 rings (SSSR count). The van der Waals surface area contributed by atoms with Crippen LogP contribution in [0.1, 0.15) is 284 Å². The fourth-order valence-electron chi connectivity index (χ4n) is 10.1. The van der Waals surface area contributed by atoms with E-state index in [0.29, 0.717) is 12.8 Å². The second-order valence-corrected chi connectivity index (χ2v) is 22.8. The molecular formula is C70H123NO10. The number of hydrogen-bond acceptors (Lipinski definition) is 10. The van der Waals surface area contributed by atoms with Crippen LogP contribution in [0.5, 0.6) is 0 Å². The minimum atomic E-state index is -1.63. The minimum Gasteiger partial charge on any atom is -0.454 e. The van der Waals surface area contributed by atoms with Crippen molar-refractivity contribution in [2.75, 3.05) is 13.2 Å². The van der Waals surface area contributed by atoms with Crippen LogP contribution in [0, 0.1) is 0 Å². The van der Waals surface area contributed by atoms with Gasteiger partial charge in [-0.15, -0.1) is 0 Å². The van der Waals surface area contributed by atoms with Gasteiger partial charge < -0.3 is 45.1 Å². The first-order chi connectivity index (χ1) is 39.7. The highest BCUT2D eigenvalue weighted by atomic mass is 16.7. The highest BCUT2D eigenvalue weighted by Gasteiger charge is 2.47. The van der Waals surface area contributed by atoms with Crippen molar-refractivity contribution < 1.29 is 49.3 Å². The number of aliphatic hydroxyl groups excluding tert-OH is 5. The topological polar surface area (TPSA) is 175 Å². The van der Waals surface area contributed by atoms with Crippen LogP contribution in [-0.4, -0.2) is 99.6 Å². The zero-order valence-corrected chi connectivity index (χ0v) is 51.9. The third kappa shape index (κ3) is 45.0. The summed E-state index contributed by atoms with van der Waals surface area (Å²) in [6, 6.07) is -1.03. The van der Waals surface area contributed by atoms with Crippen molar-refractivity contribution in [3.05, 3.63) is 85.1 Å². The summed E-state index contributed by atoms with van der Waals surface area (Å²) < 4.78 is 17.6. The molecular weight excluding hydrogens is 1010 g/mol. The first-order valence-electron chi connectivity index (χ1n) is 33.4. The van der Waals surface area contributed by atoms with Gasteiger partial charge in [0.2, 0.25) is 5.91 Å². The Morgan fingerprint density at radius 3 is 1.33 bits per heavy atom. The molecule has 0 aromatic carbocycles. The van der Waals surface area contributed by atoms with Crippen LogP contribution < -0.4 is 5.32 Å². The fraction of sp³-hybridized carbons (Fsp3) is 0.771. The maximum atomic E-state index is 13.4. The largest absolute Gasteiger partial charge is 0.454 e. The Morgan fingerprint density at radius 2 is 0.889 bits per heavy atom. The normalized spacial score (nSPS) is 19.2. The standard InChI is InChI=1S/C70H123NO10/c1-4-7-10-13-16-19-22-25-27-29-30-31-32-33-34-35-37-40-43-46-49-52-55-58-65(75)81-68-67(77)66(76)64(59-72)80-70(68)79-60-61(62(73)56-53-50-47-44-41-38-24-21-18-15-12-9-6-3)71-69(78)63(74)57-54-51-48-45-42-39-36-28-26-23-20-17-14-11-8-5-2/h7,10,16,19,25,27,30-31,33-34,37,40,53,56,61-64,66-68,70,72-74,76-77H,4-6,8-9,11-15,17-18,20-24,26,28-29,32,35-36,38-39,41-52,54-55,57-60H2,1-3H3,(H,71,78)/b10-7-,19-16-,27-25-,31-30-,34-33-,40-37-,56-53+. The number of ether oxygens (including phenoxy) is 3. The molecule has 1 saturated heterocycles. The second kappa shape index (κ2) is 57.3. The predicted octanol–water partition coefficient (Wildman–Crippen LogP) is 16.5. The van der Waals surface area contributed by atoms with Crippen LogP contribution in [0.2, 0.25) is 0 Å². The molecule has 0 aliphatic carbocycles. The van der Waals surface area contributed by atoms with Gasteiger partial charge in [-0.3, -0.25) is 9.59 Å². The summed E-state index contributed by atoms with van der Waals surface area (Å²) in [7, 11) is 0. The molecule has 0 bridgehead atoms. The molecule has 1 fully saturated rings. The SMILES string of the molecule is CC/C=C\C/C=C\C/C=C\C/C=C\C/C=C\C/C=C\CCCCCCC(=O)OC1C(OCC(NC(=O)C(O)CCCCCCCCCCCCCCCCCC)C(O)/C=C/CCCCCCCCCCCCC)OC(CO)C(O)C1O. The molecule has 0 saturated carbocycles. The van der Waals surface area contributed by atoms with Crippen molar-refractivity contribution in [3.63, 3.8) is 0 Å². The molecule has 0 aromatic rings. The Kier molecular flexibility index (Phi) is 53.6. The molecule has 1 aliphatic heterocycles. The van der Waals surface area contributed by atoms with Gasteiger partial charge in [-0.25, -0.2) is 0 Å². The van der Waals surface area contributed by atoms with Crippen LogP contribution in [-0.2, 0) is 23.8 Å². The molecule has 0 aromatic heterocycles. The molecule has 81 heavy (non-hydrogen) atoms. The van der Waals surface area contributed by atoms with Gasteiger partial charge in [0.15, 0.2) is 12.4 Å². The van der Waals surface area contributed by atoms with E-state index in [2.05, 4.69) is 99.0 Å². The number of allylic oxidation sites excluding steroid dienone is 13. The number of carbonyl (C=O) groups is 2. The first-order valence-corrected chi connectivity index (χ1v) is 33.4. The third-order valence-corrected chi connectivity index (χ3v) is 15.3. The Labute approximate surface area is 495 Å². The maximum absolute atomic E-state index is 13.4. The van der Waals surface area contributed by atoms with Crippen LogP contribution in [0.25, 0.3) is 0 Å². The molecule has 11 nitrogen and oxygen atoms in total. The summed E-state index contributed by atoms with van der Waals surface area (Å²) in [6.45, 7) is 5.68. The second-order valence-electron chi connectivity index (χ2n) is 22.8. The number of aliphatic hydroxyl groups is 5. The maximum Gasteiger partial charge on any atom is 0.306 e. The van der Waals surface area contributed by atoms with E-state index in [-0.39, 0.29) is 19.4 Å². The van der Waals surface area contributed by atoms with Crippen LogP contribution >= 0.6 is 0 Å². The summed E-state index contributed by atoms with van der Waals surface area (Å²) >= 11 is 0. The van der Waals surface area contributed by atoms with E-state index in [1.54, 1.807) is 6.08 Å². The van der Waals surface area contributed by atoms with Gasteiger partial charge in [0.05, 0.1) is 25.4 Å². The molecule has 11 heteroatoms. The lowest BCUT2D eigenvalue weighted by molar-refractivity contribution is -0.305. The monoisotopic (exact) mass is 1140 g/mol. The molecule has 1 aliphatic rings. The number of rotatable bonds is 56. The van der Waals surface area contributed by atoms with Crippen LogP contribution in [0.3, 0.4) is 0 Å². The van der Waals surface area contributed by atoms with Crippen molar-refractivity contribution in [2.24, 2.45) is 0 Å². The van der Waals surface area contributed by atoms with Gasteiger partial charge in [-0.2, -0.15) is 0 Å². The van der Waals surface area contributed by atoms with Crippen molar-refractivity contribution in [2.45, 2.75) is 333 Å². The molecule has 468 valence electrons. The Morgan fingerprint density at radius 1 is 0.494 bits per heavy atom. The third-order valence-electron chi connectivity index (χ3n) is 15.3. The van der Waals surface area contributed by atoms with Crippen LogP contribution in [0.4, 0.5) is 0 Å². The van der Waals surface area contributed by atoms with Gasteiger partial charge in [0.1, 0.15) is 24.4 Å². The Balaban J connectivity index is 2.66. The number of hydrogen-bond donors (Lipinski definition) is 6. The molecule has 0 radical (unpaired) electrons. The van der Waals surface area contributed by atoms with E-state index in [0.717, 1.165) is 103 Å². The Hall–Kier alpha value is -3.16. The summed E-state index contributed by atoms with van der Waals surface area (Å²) in [5.74, 6) is -1.22. The number of unbranched alkanes of at least 4 members (excludes halogenated alkanes) is 30. The highest BCUT2D eigenvalue weighted by Crippen LogP contribution is 2.26. The van der Waals surface area contributed by atoms with E-state index < -0.39 is 67.4 Å². The van der Waals surface area contributed by atoms with Gasteiger partial charge in [0.25, 0.3) is 0 Å². The van der Waals surface area contributed by atoms with E-state index in [9.17, 15) is 35.1 Å². The average molecular weight is 1140 g/mol. The summed E-state index contributed by atoms with van der Waals surface area (Å²) in [6.07, 6.45) is 64.7. The molecule has 0 spiro atoms. The lowest BCUT2D eigenvalue weighted by Crippen LogP contribution is -2.61. The van der Waals surface area contributed by atoms with E-state index in [1.807, 2.05) is 6.08 Å².